The Morgan fingerprint density at radius 1 is 1.03 bits per heavy atom. The predicted octanol–water partition coefficient (Wildman–Crippen LogP) is 5.52. The fourth-order valence-electron chi connectivity index (χ4n) is 3.72. The van der Waals surface area contributed by atoms with Crippen LogP contribution in [0.3, 0.4) is 0 Å². The lowest BCUT2D eigenvalue weighted by Gasteiger charge is -2.13. The van der Waals surface area contributed by atoms with Crippen molar-refractivity contribution in [3.05, 3.63) is 78.3 Å². The maximum Gasteiger partial charge on any atom is 0.225 e. The number of nitrogens with one attached hydrogen (secondary N) is 2. The van der Waals surface area contributed by atoms with Crippen molar-refractivity contribution in [3.8, 4) is 11.3 Å². The van der Waals surface area contributed by atoms with E-state index in [9.17, 15) is 9.59 Å². The third-order valence-corrected chi connectivity index (χ3v) is 5.49. The van der Waals surface area contributed by atoms with Crippen molar-refractivity contribution in [2.24, 2.45) is 5.92 Å². The maximum atomic E-state index is 12.5. The van der Waals surface area contributed by atoms with Crippen molar-refractivity contribution in [1.29, 1.82) is 0 Å². The number of hydrogen-bond donors (Lipinski definition) is 2. The van der Waals surface area contributed by atoms with Crippen molar-refractivity contribution in [2.45, 2.75) is 39.0 Å². The van der Waals surface area contributed by atoms with E-state index in [4.69, 9.17) is 4.42 Å². The molecule has 32 heavy (non-hydrogen) atoms. The molecular weight excluding hydrogens is 402 g/mol. The van der Waals surface area contributed by atoms with Gasteiger partial charge in [0.1, 0.15) is 0 Å². The quantitative estimate of drug-likeness (QED) is 0.462. The van der Waals surface area contributed by atoms with E-state index in [1.165, 1.54) is 5.56 Å². The molecule has 0 fully saturated rings. The van der Waals surface area contributed by atoms with Crippen LogP contribution < -0.4 is 10.6 Å². The normalized spacial score (nSPS) is 15.0. The van der Waals surface area contributed by atoms with Crippen molar-refractivity contribution in [1.82, 2.24) is 4.98 Å². The molecule has 2 aromatic carbocycles. The van der Waals surface area contributed by atoms with Gasteiger partial charge < -0.3 is 15.1 Å². The van der Waals surface area contributed by atoms with E-state index in [-0.39, 0.29) is 18.2 Å². The Bertz CT molecular complexity index is 1120. The number of aromatic nitrogens is 1. The van der Waals surface area contributed by atoms with Gasteiger partial charge in [0.05, 0.1) is 17.6 Å². The van der Waals surface area contributed by atoms with Gasteiger partial charge >= 0.3 is 0 Å². The van der Waals surface area contributed by atoms with Gasteiger partial charge in [-0.1, -0.05) is 54.1 Å². The highest BCUT2D eigenvalue weighted by molar-refractivity contribution is 5.99. The molecule has 0 saturated carbocycles. The van der Waals surface area contributed by atoms with Gasteiger partial charge in [-0.05, 0) is 37.8 Å². The fraction of sp³-hybridized carbons (Fsp3) is 0.269. The smallest absolute Gasteiger partial charge is 0.225 e. The van der Waals surface area contributed by atoms with Gasteiger partial charge in [0.15, 0.2) is 11.7 Å². The number of carbonyl (C=O) groups is 2. The number of rotatable bonds is 8. The van der Waals surface area contributed by atoms with Crippen molar-refractivity contribution in [2.75, 3.05) is 10.6 Å². The summed E-state index contributed by atoms with van der Waals surface area (Å²) in [7, 11) is 0. The van der Waals surface area contributed by atoms with E-state index in [0.717, 1.165) is 18.4 Å². The minimum absolute atomic E-state index is 0.0494. The van der Waals surface area contributed by atoms with Gasteiger partial charge in [-0.15, -0.1) is 0 Å². The summed E-state index contributed by atoms with van der Waals surface area (Å²) < 4.78 is 5.80. The molecule has 1 atom stereocenters. The molecule has 2 amide bonds. The van der Waals surface area contributed by atoms with Gasteiger partial charge in [0.25, 0.3) is 0 Å². The van der Waals surface area contributed by atoms with Gasteiger partial charge in [-0.2, -0.15) is 0 Å². The van der Waals surface area contributed by atoms with Crippen molar-refractivity contribution in [3.63, 3.8) is 0 Å². The number of benzene rings is 2. The monoisotopic (exact) mass is 429 g/mol. The van der Waals surface area contributed by atoms with Crippen LogP contribution in [0.25, 0.3) is 11.3 Å². The highest BCUT2D eigenvalue weighted by Crippen LogP contribution is 2.25. The van der Waals surface area contributed by atoms with E-state index < -0.39 is 0 Å². The molecule has 1 heterocycles. The molecule has 6 heteroatoms. The first kappa shape index (κ1) is 21.6. The Morgan fingerprint density at radius 2 is 1.75 bits per heavy atom. The molecule has 1 aliphatic carbocycles. The zero-order valence-electron chi connectivity index (χ0n) is 18.1. The molecule has 0 spiro atoms. The lowest BCUT2D eigenvalue weighted by molar-refractivity contribution is -0.117. The Labute approximate surface area is 187 Å². The highest BCUT2D eigenvalue weighted by atomic mass is 16.4. The maximum absolute atomic E-state index is 12.5. The predicted molar refractivity (Wildman–Crippen MR) is 125 cm³/mol. The average Bonchev–Trinajstić information content (AvgIpc) is 3.46. The lowest BCUT2D eigenvalue weighted by atomic mass is 10.0. The molecule has 0 saturated heterocycles. The zero-order chi connectivity index (χ0) is 22.3. The fourth-order valence-corrected chi connectivity index (χ4v) is 3.72. The number of anilines is 2. The Morgan fingerprint density at radius 3 is 2.44 bits per heavy atom. The van der Waals surface area contributed by atoms with E-state index in [1.807, 2.05) is 43.3 Å². The second-order valence-electron chi connectivity index (χ2n) is 8.10. The first-order valence-electron chi connectivity index (χ1n) is 10.9. The Kier molecular flexibility index (Phi) is 6.80. The molecule has 6 nitrogen and oxygen atoms in total. The molecule has 164 valence electrons. The van der Waals surface area contributed by atoms with Crippen LogP contribution in [0.5, 0.6) is 0 Å². The number of hydrogen-bond acceptors (Lipinski definition) is 4. The molecule has 4 rings (SSSR count). The van der Waals surface area contributed by atoms with Crippen LogP contribution in [0.15, 0.2) is 71.3 Å². The Balaban J connectivity index is 1.31. The summed E-state index contributed by atoms with van der Waals surface area (Å²) >= 11 is 0. The summed E-state index contributed by atoms with van der Waals surface area (Å²) in [5.41, 5.74) is 3.32. The SMILES string of the molecule is Cc1ccc(-c2cnc(CCC(=O)Nc3ccccc3NC(=O)CC3C=CCC3)o2)cc1. The van der Waals surface area contributed by atoms with Crippen LogP contribution >= 0.6 is 0 Å². The van der Waals surface area contributed by atoms with Crippen LogP contribution in [0.1, 0.15) is 37.1 Å². The minimum atomic E-state index is -0.166. The molecule has 1 aromatic heterocycles. The number of para-hydroxylation sites is 2. The zero-order valence-corrected chi connectivity index (χ0v) is 18.1. The minimum Gasteiger partial charge on any atom is -0.441 e. The lowest BCUT2D eigenvalue weighted by Crippen LogP contribution is -2.18. The summed E-state index contributed by atoms with van der Waals surface area (Å²) in [5.74, 6) is 1.28. The van der Waals surface area contributed by atoms with Crippen LogP contribution in [-0.2, 0) is 16.0 Å². The highest BCUT2D eigenvalue weighted by Gasteiger charge is 2.16. The summed E-state index contributed by atoms with van der Waals surface area (Å²) in [6.45, 7) is 2.03. The van der Waals surface area contributed by atoms with Crippen LogP contribution in [0.4, 0.5) is 11.4 Å². The third-order valence-electron chi connectivity index (χ3n) is 5.49. The van der Waals surface area contributed by atoms with Crippen LogP contribution in [-0.4, -0.2) is 16.8 Å². The molecule has 1 aliphatic rings. The number of nitrogens with zero attached hydrogens (tertiary/aromatic N) is 1. The van der Waals surface area contributed by atoms with E-state index in [2.05, 4.69) is 27.8 Å². The Hall–Kier alpha value is -3.67. The number of amides is 2. The summed E-state index contributed by atoms with van der Waals surface area (Å²) in [5, 5.41) is 5.81. The third kappa shape index (κ3) is 5.72. The largest absolute Gasteiger partial charge is 0.441 e. The summed E-state index contributed by atoms with van der Waals surface area (Å²) in [6, 6.07) is 15.2. The first-order valence-corrected chi connectivity index (χ1v) is 10.9. The molecule has 0 aliphatic heterocycles. The van der Waals surface area contributed by atoms with Gasteiger partial charge in [-0.25, -0.2) is 4.98 Å². The second-order valence-corrected chi connectivity index (χ2v) is 8.10. The van der Waals surface area contributed by atoms with Gasteiger partial charge in [-0.3, -0.25) is 9.59 Å². The molecule has 3 aromatic rings. The number of allylic oxidation sites excluding steroid dienone is 2. The average molecular weight is 430 g/mol. The van der Waals surface area contributed by atoms with Crippen LogP contribution in [0.2, 0.25) is 0 Å². The van der Waals surface area contributed by atoms with Crippen molar-refractivity contribution < 1.29 is 14.0 Å². The van der Waals surface area contributed by atoms with E-state index >= 15 is 0 Å². The van der Waals surface area contributed by atoms with E-state index in [0.29, 0.717) is 41.8 Å². The standard InChI is InChI=1S/C26H27N3O3/c1-18-10-12-20(13-11-18)23-17-27-26(32-23)15-14-24(30)28-21-8-4-5-9-22(21)29-25(31)16-19-6-2-3-7-19/h2,4-6,8-13,17,19H,3,7,14-16H2,1H3,(H,28,30)(H,29,31). The number of aryl methyl sites for hydroxylation is 2. The van der Waals surface area contributed by atoms with Crippen LogP contribution in [0, 0.1) is 12.8 Å². The number of oxazole rings is 1. The second kappa shape index (κ2) is 10.1. The molecule has 0 radical (unpaired) electrons. The first-order chi connectivity index (χ1) is 15.6. The topological polar surface area (TPSA) is 84.2 Å². The van der Waals surface area contributed by atoms with Gasteiger partial charge in [0, 0.05) is 24.8 Å². The number of carbonyl (C=O) groups excluding carboxylic acids is 2. The molecule has 0 bridgehead atoms. The molecular formula is C26H27N3O3. The summed E-state index contributed by atoms with van der Waals surface area (Å²) in [4.78, 5) is 29.2. The van der Waals surface area contributed by atoms with Crippen molar-refractivity contribution >= 4 is 23.2 Å². The molecule has 2 N–H and O–H groups in total. The van der Waals surface area contributed by atoms with E-state index in [1.54, 1.807) is 18.3 Å². The van der Waals surface area contributed by atoms with Gasteiger partial charge in [0.2, 0.25) is 11.8 Å². The summed E-state index contributed by atoms with van der Waals surface area (Å²) in [6.07, 6.45) is 9.00. The molecule has 1 unspecified atom stereocenters.